The van der Waals surface area contributed by atoms with Crippen LogP contribution in [-0.4, -0.2) is 53.6 Å². The Balaban J connectivity index is 1.54. The first kappa shape index (κ1) is 16.2. The van der Waals surface area contributed by atoms with Gasteiger partial charge in [-0.25, -0.2) is 0 Å². The van der Waals surface area contributed by atoms with E-state index in [-0.39, 0.29) is 46.7 Å². The summed E-state index contributed by atoms with van der Waals surface area (Å²) in [4.78, 5) is 42.3. The number of Topliss-reactive ketones (excluding diaryl/α,β-unsaturated/α-hetero) is 1. The molecular weight excluding hydrogens is 304 g/mol. The lowest BCUT2D eigenvalue weighted by Gasteiger charge is -2.52. The lowest BCUT2D eigenvalue weighted by molar-refractivity contribution is -0.157. The van der Waals surface area contributed by atoms with Crippen LogP contribution in [0.5, 0.6) is 0 Å². The van der Waals surface area contributed by atoms with Gasteiger partial charge in [0, 0.05) is 25.4 Å². The van der Waals surface area contributed by atoms with E-state index in [9.17, 15) is 14.4 Å². The van der Waals surface area contributed by atoms with Crippen LogP contribution in [0.2, 0.25) is 0 Å². The monoisotopic (exact) mass is 332 g/mol. The largest absolute Gasteiger partial charge is 0.302 e. The maximum atomic E-state index is 13.0. The van der Waals surface area contributed by atoms with Crippen LogP contribution >= 0.6 is 0 Å². The van der Waals surface area contributed by atoms with Crippen LogP contribution in [0.15, 0.2) is 0 Å². The van der Waals surface area contributed by atoms with Crippen molar-refractivity contribution in [1.29, 1.82) is 0 Å². The second-order valence-corrected chi connectivity index (χ2v) is 8.74. The molecule has 5 aliphatic rings. The molecule has 2 saturated heterocycles. The van der Waals surface area contributed by atoms with Gasteiger partial charge in [-0.3, -0.25) is 19.3 Å². The van der Waals surface area contributed by atoms with E-state index in [2.05, 4.69) is 11.8 Å². The van der Waals surface area contributed by atoms with Gasteiger partial charge in [-0.05, 0) is 43.7 Å². The number of rotatable bonds is 3. The normalized spacial score (nSPS) is 42.8. The minimum atomic E-state index is -0.381. The number of ketones is 1. The molecule has 5 unspecified atom stereocenters. The summed E-state index contributed by atoms with van der Waals surface area (Å²) in [5.74, 6) is -0.521. The Hall–Kier alpha value is -1.23. The maximum Gasteiger partial charge on any atom is 0.233 e. The number of hydrogen-bond donors (Lipinski definition) is 0. The minimum absolute atomic E-state index is 0.00564. The van der Waals surface area contributed by atoms with Gasteiger partial charge in [0.15, 0.2) is 0 Å². The summed E-state index contributed by atoms with van der Waals surface area (Å²) in [7, 11) is 0. The predicted octanol–water partition coefficient (Wildman–Crippen LogP) is 1.71. The number of fused-ring (bicyclic) bond motifs is 2. The van der Waals surface area contributed by atoms with E-state index in [4.69, 9.17) is 0 Å². The average molecular weight is 332 g/mol. The average Bonchev–Trinajstić information content (AvgIpc) is 2.78. The minimum Gasteiger partial charge on any atom is -0.302 e. The summed E-state index contributed by atoms with van der Waals surface area (Å²) < 4.78 is 0. The summed E-state index contributed by atoms with van der Waals surface area (Å²) in [6.45, 7) is 7.54. The smallest absolute Gasteiger partial charge is 0.233 e. The van der Waals surface area contributed by atoms with Crippen LogP contribution in [0, 0.1) is 29.1 Å². The van der Waals surface area contributed by atoms with Crippen molar-refractivity contribution >= 4 is 17.6 Å². The Morgan fingerprint density at radius 3 is 2.38 bits per heavy atom. The molecule has 5 atom stereocenters. The van der Waals surface area contributed by atoms with Gasteiger partial charge in [0.2, 0.25) is 11.8 Å². The topological polar surface area (TPSA) is 57.7 Å². The number of nitrogens with zero attached hydrogens (tertiary/aromatic N) is 2. The fraction of sp³-hybridized carbons (Fsp3) is 0.842. The Morgan fingerprint density at radius 2 is 1.71 bits per heavy atom. The van der Waals surface area contributed by atoms with Crippen molar-refractivity contribution in [3.63, 3.8) is 0 Å². The lowest BCUT2D eigenvalue weighted by atomic mass is 9.48. The third-order valence-electron chi connectivity index (χ3n) is 7.02. The summed E-state index contributed by atoms with van der Waals surface area (Å²) in [5, 5.41) is 0. The highest BCUT2D eigenvalue weighted by atomic mass is 16.2. The van der Waals surface area contributed by atoms with Crippen molar-refractivity contribution in [2.45, 2.75) is 46.0 Å². The molecule has 0 spiro atoms. The van der Waals surface area contributed by atoms with E-state index in [0.717, 1.165) is 26.1 Å². The Morgan fingerprint density at radius 1 is 1.00 bits per heavy atom. The zero-order valence-electron chi connectivity index (χ0n) is 14.8. The molecule has 5 nitrogen and oxygen atoms in total. The van der Waals surface area contributed by atoms with Gasteiger partial charge < -0.3 is 4.90 Å². The van der Waals surface area contributed by atoms with Crippen LogP contribution in [0.1, 0.15) is 46.0 Å². The third kappa shape index (κ3) is 2.27. The van der Waals surface area contributed by atoms with Gasteiger partial charge in [0.1, 0.15) is 5.78 Å². The molecule has 0 radical (unpaired) electrons. The van der Waals surface area contributed by atoms with E-state index >= 15 is 0 Å². The molecule has 0 aromatic rings. The first-order chi connectivity index (χ1) is 11.4. The van der Waals surface area contributed by atoms with Gasteiger partial charge in [-0.2, -0.15) is 0 Å². The molecule has 5 heteroatoms. The second-order valence-electron chi connectivity index (χ2n) is 8.74. The van der Waals surface area contributed by atoms with Crippen molar-refractivity contribution in [1.82, 2.24) is 9.80 Å². The summed E-state index contributed by atoms with van der Waals surface area (Å²) in [6.07, 6.45) is 5.06. The molecule has 0 N–H and O–H groups in total. The van der Waals surface area contributed by atoms with E-state index in [0.29, 0.717) is 13.0 Å². The molecule has 24 heavy (non-hydrogen) atoms. The van der Waals surface area contributed by atoms with Crippen LogP contribution in [0.25, 0.3) is 0 Å². The van der Waals surface area contributed by atoms with Crippen molar-refractivity contribution in [2.75, 3.05) is 26.2 Å². The number of piperidine rings is 1. The van der Waals surface area contributed by atoms with Crippen LogP contribution in [0.3, 0.4) is 0 Å². The van der Waals surface area contributed by atoms with E-state index in [1.807, 2.05) is 6.92 Å². The highest BCUT2D eigenvalue weighted by Gasteiger charge is 2.66. The molecule has 3 aliphatic carbocycles. The number of carbonyl (C=O) groups is 3. The highest BCUT2D eigenvalue weighted by molar-refractivity contribution is 6.09. The molecule has 5 fully saturated rings. The zero-order chi connectivity index (χ0) is 17.1. The number of carbonyl (C=O) groups excluding carboxylic acids is 3. The SMILES string of the molecule is CC1CC2(C)CC(=O)C1C1C(=O)N(CCN3CCCCC3)C(=O)C12. The number of likely N-dealkylation sites (tertiary alicyclic amines) is 2. The summed E-state index contributed by atoms with van der Waals surface area (Å²) in [6, 6.07) is 0. The molecule has 2 bridgehead atoms. The highest BCUT2D eigenvalue weighted by Crippen LogP contribution is 2.60. The van der Waals surface area contributed by atoms with Crippen molar-refractivity contribution < 1.29 is 14.4 Å². The second kappa shape index (κ2) is 5.65. The van der Waals surface area contributed by atoms with Gasteiger partial charge in [0.05, 0.1) is 11.8 Å². The molecule has 132 valence electrons. The molecule has 5 rings (SSSR count). The van der Waals surface area contributed by atoms with Crippen molar-refractivity contribution in [3.05, 3.63) is 0 Å². The number of imide groups is 1. The third-order valence-corrected chi connectivity index (χ3v) is 7.02. The summed E-state index contributed by atoms with van der Waals surface area (Å²) in [5.41, 5.74) is -0.317. The standard InChI is InChI=1S/C19H28N2O3/c1-12-10-19(2)11-13(22)14(12)15-16(19)18(24)21(17(15)23)9-8-20-6-4-3-5-7-20/h12,14-16H,3-11H2,1-2H3. The zero-order valence-corrected chi connectivity index (χ0v) is 14.8. The molecule has 2 amide bonds. The number of hydrogen-bond acceptors (Lipinski definition) is 4. The fourth-order valence-corrected chi connectivity index (χ4v) is 6.05. The fourth-order valence-electron chi connectivity index (χ4n) is 6.05. The Labute approximate surface area is 143 Å². The van der Waals surface area contributed by atoms with Crippen molar-refractivity contribution in [3.8, 4) is 0 Å². The van der Waals surface area contributed by atoms with Crippen LogP contribution in [0.4, 0.5) is 0 Å². The quantitative estimate of drug-likeness (QED) is 0.738. The van der Waals surface area contributed by atoms with Crippen LogP contribution in [-0.2, 0) is 14.4 Å². The first-order valence-electron chi connectivity index (χ1n) is 9.53. The number of amides is 2. The van der Waals surface area contributed by atoms with Gasteiger partial charge in [-0.15, -0.1) is 0 Å². The Bertz CT molecular complexity index is 583. The Kier molecular flexibility index (Phi) is 3.83. The van der Waals surface area contributed by atoms with E-state index in [1.165, 1.54) is 24.2 Å². The van der Waals surface area contributed by atoms with E-state index < -0.39 is 0 Å². The van der Waals surface area contributed by atoms with Gasteiger partial charge >= 0.3 is 0 Å². The first-order valence-corrected chi connectivity index (χ1v) is 9.53. The molecule has 3 saturated carbocycles. The molecule has 2 heterocycles. The molecule has 2 aliphatic heterocycles. The summed E-state index contributed by atoms with van der Waals surface area (Å²) >= 11 is 0. The molecule has 0 aromatic heterocycles. The van der Waals surface area contributed by atoms with Gasteiger partial charge in [-0.1, -0.05) is 20.3 Å². The molecular formula is C19H28N2O3. The van der Waals surface area contributed by atoms with Gasteiger partial charge in [0.25, 0.3) is 0 Å². The maximum absolute atomic E-state index is 13.0. The molecule has 0 aromatic carbocycles. The van der Waals surface area contributed by atoms with E-state index in [1.54, 1.807) is 0 Å². The predicted molar refractivity (Wildman–Crippen MR) is 89.0 cm³/mol. The lowest BCUT2D eigenvalue weighted by Crippen LogP contribution is -2.56. The van der Waals surface area contributed by atoms with Crippen LogP contribution < -0.4 is 0 Å². The van der Waals surface area contributed by atoms with Crippen molar-refractivity contribution in [2.24, 2.45) is 29.1 Å².